The first kappa shape index (κ1) is 15.5. The molecule has 1 aromatic carbocycles. The van der Waals surface area contributed by atoms with E-state index in [0.29, 0.717) is 0 Å². The molecule has 2 atom stereocenters. The van der Waals surface area contributed by atoms with E-state index < -0.39 is 0 Å². The quantitative estimate of drug-likeness (QED) is 0.796. The van der Waals surface area contributed by atoms with Crippen molar-refractivity contribution in [2.45, 2.75) is 46.7 Å². The Hall–Kier alpha value is -0.860. The van der Waals surface area contributed by atoms with Gasteiger partial charge in [-0.1, -0.05) is 45.0 Å². The number of rotatable bonds is 6. The van der Waals surface area contributed by atoms with Crippen molar-refractivity contribution >= 4 is 0 Å². The molecule has 1 aliphatic rings. The van der Waals surface area contributed by atoms with Gasteiger partial charge in [0.2, 0.25) is 0 Å². The molecular weight excluding hydrogens is 244 g/mol. The molecule has 2 unspecified atom stereocenters. The van der Waals surface area contributed by atoms with Gasteiger partial charge >= 0.3 is 0 Å². The summed E-state index contributed by atoms with van der Waals surface area (Å²) >= 11 is 0. The van der Waals surface area contributed by atoms with Crippen molar-refractivity contribution in [3.8, 4) is 0 Å². The van der Waals surface area contributed by atoms with Crippen LogP contribution in [0.3, 0.4) is 0 Å². The van der Waals surface area contributed by atoms with Gasteiger partial charge in [-0.2, -0.15) is 0 Å². The number of piperidine rings is 1. The first-order chi connectivity index (χ1) is 9.69. The molecule has 0 radical (unpaired) electrons. The molecule has 0 aromatic heterocycles. The van der Waals surface area contributed by atoms with Crippen LogP contribution in [0.5, 0.6) is 0 Å². The predicted octanol–water partition coefficient (Wildman–Crippen LogP) is 3.66. The summed E-state index contributed by atoms with van der Waals surface area (Å²) in [4.78, 5) is 2.64. The predicted molar refractivity (Wildman–Crippen MR) is 86.7 cm³/mol. The van der Waals surface area contributed by atoms with Crippen LogP contribution in [0, 0.1) is 11.8 Å². The standard InChI is InChI=1S/C18H30N2/c1-4-9-19-11-17-7-5-6-8-18(17)14-20-12-15(2)10-16(3)13-20/h5-8,15-16,19H,4,9-14H2,1-3H3. The lowest BCUT2D eigenvalue weighted by atomic mass is 9.91. The van der Waals surface area contributed by atoms with E-state index >= 15 is 0 Å². The smallest absolute Gasteiger partial charge is 0.0237 e. The van der Waals surface area contributed by atoms with Crippen molar-refractivity contribution in [2.24, 2.45) is 11.8 Å². The average molecular weight is 274 g/mol. The maximum atomic E-state index is 3.53. The van der Waals surface area contributed by atoms with Crippen molar-refractivity contribution in [2.75, 3.05) is 19.6 Å². The third-order valence-corrected chi connectivity index (χ3v) is 4.20. The molecule has 0 aliphatic carbocycles. The number of hydrogen-bond donors (Lipinski definition) is 1. The monoisotopic (exact) mass is 274 g/mol. The Morgan fingerprint density at radius 2 is 1.75 bits per heavy atom. The van der Waals surface area contributed by atoms with Crippen LogP contribution in [0.2, 0.25) is 0 Å². The van der Waals surface area contributed by atoms with Crippen molar-refractivity contribution in [1.29, 1.82) is 0 Å². The van der Waals surface area contributed by atoms with Crippen LogP contribution in [0.1, 0.15) is 44.7 Å². The van der Waals surface area contributed by atoms with E-state index in [1.165, 1.54) is 37.1 Å². The fourth-order valence-electron chi connectivity index (χ4n) is 3.45. The fraction of sp³-hybridized carbons (Fsp3) is 0.667. The second kappa shape index (κ2) is 7.80. The zero-order valence-electron chi connectivity index (χ0n) is 13.4. The molecule has 0 saturated carbocycles. The van der Waals surface area contributed by atoms with E-state index in [0.717, 1.165) is 31.5 Å². The molecule has 1 heterocycles. The summed E-state index contributed by atoms with van der Waals surface area (Å²) in [5.41, 5.74) is 2.96. The minimum absolute atomic E-state index is 0.837. The summed E-state index contributed by atoms with van der Waals surface area (Å²) in [5.74, 6) is 1.67. The Bertz CT molecular complexity index is 392. The second-order valence-electron chi connectivity index (χ2n) is 6.59. The molecule has 0 bridgehead atoms. The minimum atomic E-state index is 0.837. The van der Waals surface area contributed by atoms with Gasteiger partial charge in [0.25, 0.3) is 0 Å². The van der Waals surface area contributed by atoms with Gasteiger partial charge < -0.3 is 5.32 Å². The van der Waals surface area contributed by atoms with E-state index in [1.807, 2.05) is 0 Å². The largest absolute Gasteiger partial charge is 0.313 e. The lowest BCUT2D eigenvalue weighted by Crippen LogP contribution is -2.38. The highest BCUT2D eigenvalue weighted by molar-refractivity contribution is 5.27. The summed E-state index contributed by atoms with van der Waals surface area (Å²) in [6.45, 7) is 12.7. The highest BCUT2D eigenvalue weighted by Crippen LogP contribution is 2.23. The van der Waals surface area contributed by atoms with Gasteiger partial charge in [-0.05, 0) is 42.3 Å². The molecule has 1 aromatic rings. The molecule has 1 N–H and O–H groups in total. The molecule has 2 rings (SSSR count). The first-order valence-electron chi connectivity index (χ1n) is 8.19. The third kappa shape index (κ3) is 4.60. The topological polar surface area (TPSA) is 15.3 Å². The highest BCUT2D eigenvalue weighted by atomic mass is 15.1. The molecule has 0 amide bonds. The average Bonchev–Trinajstić information content (AvgIpc) is 2.40. The maximum absolute atomic E-state index is 3.53. The van der Waals surface area contributed by atoms with Crippen LogP contribution >= 0.6 is 0 Å². The summed E-state index contributed by atoms with van der Waals surface area (Å²) < 4.78 is 0. The van der Waals surface area contributed by atoms with Crippen LogP contribution < -0.4 is 5.32 Å². The lowest BCUT2D eigenvalue weighted by molar-refractivity contribution is 0.134. The maximum Gasteiger partial charge on any atom is 0.0237 e. The van der Waals surface area contributed by atoms with Crippen LogP contribution in [-0.2, 0) is 13.1 Å². The zero-order valence-corrected chi connectivity index (χ0v) is 13.4. The summed E-state index contributed by atoms with van der Waals surface area (Å²) in [7, 11) is 0. The fourth-order valence-corrected chi connectivity index (χ4v) is 3.45. The Kier molecular flexibility index (Phi) is 6.06. The van der Waals surface area contributed by atoms with E-state index in [2.05, 4.69) is 55.3 Å². The Morgan fingerprint density at radius 3 is 2.40 bits per heavy atom. The highest BCUT2D eigenvalue weighted by Gasteiger charge is 2.22. The first-order valence-corrected chi connectivity index (χ1v) is 8.19. The van der Waals surface area contributed by atoms with Crippen molar-refractivity contribution in [1.82, 2.24) is 10.2 Å². The van der Waals surface area contributed by atoms with Gasteiger partial charge in [0.05, 0.1) is 0 Å². The zero-order chi connectivity index (χ0) is 14.4. The van der Waals surface area contributed by atoms with Crippen molar-refractivity contribution < 1.29 is 0 Å². The van der Waals surface area contributed by atoms with Crippen LogP contribution in [0.4, 0.5) is 0 Å². The molecule has 2 nitrogen and oxygen atoms in total. The van der Waals surface area contributed by atoms with Crippen LogP contribution in [0.25, 0.3) is 0 Å². The normalized spacial score (nSPS) is 23.9. The molecular formula is C18H30N2. The second-order valence-corrected chi connectivity index (χ2v) is 6.59. The molecule has 0 spiro atoms. The van der Waals surface area contributed by atoms with E-state index in [1.54, 1.807) is 0 Å². The number of benzene rings is 1. The summed E-state index contributed by atoms with van der Waals surface area (Å²) in [6.07, 6.45) is 2.58. The van der Waals surface area contributed by atoms with Crippen molar-refractivity contribution in [3.63, 3.8) is 0 Å². The molecule has 20 heavy (non-hydrogen) atoms. The minimum Gasteiger partial charge on any atom is -0.313 e. The summed E-state index contributed by atoms with van der Waals surface area (Å²) in [6, 6.07) is 8.91. The Labute approximate surface area is 124 Å². The van der Waals surface area contributed by atoms with Crippen molar-refractivity contribution in [3.05, 3.63) is 35.4 Å². The molecule has 1 aliphatic heterocycles. The Balaban J connectivity index is 1.97. The van der Waals surface area contributed by atoms with Crippen LogP contribution in [0.15, 0.2) is 24.3 Å². The van der Waals surface area contributed by atoms with Gasteiger partial charge in [-0.3, -0.25) is 4.90 Å². The Morgan fingerprint density at radius 1 is 1.10 bits per heavy atom. The van der Waals surface area contributed by atoms with Gasteiger partial charge in [0.15, 0.2) is 0 Å². The number of nitrogens with one attached hydrogen (secondary N) is 1. The number of likely N-dealkylation sites (tertiary alicyclic amines) is 1. The van der Waals surface area contributed by atoms with Gasteiger partial charge in [-0.15, -0.1) is 0 Å². The SMILES string of the molecule is CCCNCc1ccccc1CN1CC(C)CC(C)C1. The van der Waals surface area contributed by atoms with E-state index in [9.17, 15) is 0 Å². The van der Waals surface area contributed by atoms with E-state index in [-0.39, 0.29) is 0 Å². The van der Waals surface area contributed by atoms with Gasteiger partial charge in [0, 0.05) is 26.2 Å². The van der Waals surface area contributed by atoms with Gasteiger partial charge in [-0.25, -0.2) is 0 Å². The van der Waals surface area contributed by atoms with Gasteiger partial charge in [0.1, 0.15) is 0 Å². The van der Waals surface area contributed by atoms with Crippen LogP contribution in [-0.4, -0.2) is 24.5 Å². The number of nitrogens with zero attached hydrogens (tertiary/aromatic N) is 1. The molecule has 1 saturated heterocycles. The lowest BCUT2D eigenvalue weighted by Gasteiger charge is -2.35. The molecule has 2 heteroatoms. The van der Waals surface area contributed by atoms with E-state index in [4.69, 9.17) is 0 Å². The molecule has 112 valence electrons. The summed E-state index contributed by atoms with van der Waals surface area (Å²) in [5, 5.41) is 3.53. The number of hydrogen-bond acceptors (Lipinski definition) is 2. The third-order valence-electron chi connectivity index (χ3n) is 4.20. The molecule has 1 fully saturated rings.